The number of rotatable bonds is 8. The molecule has 0 unspecified atom stereocenters. The Morgan fingerprint density at radius 3 is 2.61 bits per heavy atom. The second-order valence-corrected chi connectivity index (χ2v) is 4.35. The Labute approximate surface area is 110 Å². The van der Waals surface area contributed by atoms with Gasteiger partial charge in [0.05, 0.1) is 12.3 Å². The normalized spacial score (nSPS) is 10.4. The number of nitrogens with two attached hydrogens (primary N) is 1. The molecule has 0 aliphatic rings. The molecule has 1 rings (SSSR count). The average Bonchev–Trinajstić information content (AvgIpc) is 2.39. The fraction of sp³-hybridized carbons (Fsp3) is 0.643. The zero-order valence-corrected chi connectivity index (χ0v) is 11.8. The molecule has 0 amide bonds. The molecule has 0 aliphatic carbocycles. The number of aromatic nitrogens is 1. The third kappa shape index (κ3) is 4.09. The molecule has 0 saturated heterocycles. The van der Waals surface area contributed by atoms with Crippen LogP contribution in [0, 0.1) is 0 Å². The van der Waals surface area contributed by atoms with Gasteiger partial charge in [-0.15, -0.1) is 0 Å². The van der Waals surface area contributed by atoms with Gasteiger partial charge in [-0.2, -0.15) is 4.98 Å². The Morgan fingerprint density at radius 1 is 1.22 bits per heavy atom. The lowest BCUT2D eigenvalue weighted by molar-refractivity contribution is 0.307. The van der Waals surface area contributed by atoms with Crippen LogP contribution in [0.5, 0.6) is 5.88 Å². The first kappa shape index (κ1) is 14.6. The van der Waals surface area contributed by atoms with Gasteiger partial charge in [0.15, 0.2) is 0 Å². The van der Waals surface area contributed by atoms with Crippen molar-refractivity contribution in [2.75, 3.05) is 30.3 Å². The van der Waals surface area contributed by atoms with Crippen molar-refractivity contribution < 1.29 is 4.74 Å². The van der Waals surface area contributed by atoms with Crippen molar-refractivity contribution >= 4 is 11.5 Å². The minimum absolute atomic E-state index is 0.560. The van der Waals surface area contributed by atoms with Crippen LogP contribution in [0.3, 0.4) is 0 Å². The highest BCUT2D eigenvalue weighted by atomic mass is 16.5. The van der Waals surface area contributed by atoms with E-state index < -0.39 is 0 Å². The van der Waals surface area contributed by atoms with Gasteiger partial charge >= 0.3 is 0 Å². The highest BCUT2D eigenvalue weighted by Crippen LogP contribution is 2.23. The number of nitrogens with zero attached hydrogens (tertiary/aromatic N) is 2. The van der Waals surface area contributed by atoms with Crippen LogP contribution in [0.15, 0.2) is 12.1 Å². The van der Waals surface area contributed by atoms with Crippen molar-refractivity contribution in [2.24, 2.45) is 0 Å². The van der Waals surface area contributed by atoms with Crippen molar-refractivity contribution in [3.8, 4) is 5.88 Å². The molecule has 1 heterocycles. The zero-order chi connectivity index (χ0) is 13.4. The van der Waals surface area contributed by atoms with Crippen molar-refractivity contribution in [1.82, 2.24) is 4.98 Å². The van der Waals surface area contributed by atoms with Crippen LogP contribution in [-0.4, -0.2) is 24.7 Å². The van der Waals surface area contributed by atoms with Crippen LogP contribution in [-0.2, 0) is 0 Å². The van der Waals surface area contributed by atoms with Crippen LogP contribution in [0.2, 0.25) is 0 Å². The maximum Gasteiger partial charge on any atom is 0.239 e. The Hall–Kier alpha value is -1.45. The number of ether oxygens (including phenoxy) is 1. The zero-order valence-electron chi connectivity index (χ0n) is 11.8. The van der Waals surface area contributed by atoms with E-state index in [2.05, 4.69) is 30.7 Å². The van der Waals surface area contributed by atoms with E-state index >= 15 is 0 Å². The minimum Gasteiger partial charge on any atom is -0.476 e. The summed E-state index contributed by atoms with van der Waals surface area (Å²) in [6.07, 6.45) is 3.31. The van der Waals surface area contributed by atoms with Crippen molar-refractivity contribution in [1.29, 1.82) is 0 Å². The summed E-state index contributed by atoms with van der Waals surface area (Å²) >= 11 is 0. The van der Waals surface area contributed by atoms with E-state index in [4.69, 9.17) is 10.5 Å². The van der Waals surface area contributed by atoms with Gasteiger partial charge in [0, 0.05) is 13.1 Å². The predicted molar refractivity (Wildman–Crippen MR) is 77.2 cm³/mol. The number of pyridine rings is 1. The van der Waals surface area contributed by atoms with E-state index in [1.54, 1.807) is 0 Å². The molecule has 102 valence electrons. The lowest BCUT2D eigenvalue weighted by Crippen LogP contribution is -2.25. The van der Waals surface area contributed by atoms with Gasteiger partial charge in [-0.05, 0) is 31.9 Å². The van der Waals surface area contributed by atoms with Crippen molar-refractivity contribution in [3.63, 3.8) is 0 Å². The standard InChI is InChI=1S/C14H25N3O/c1-4-7-10-17(6-3)13-9-8-12(15)14(16-13)18-11-5-2/h8-9H,4-7,10-11,15H2,1-3H3. The summed E-state index contributed by atoms with van der Waals surface area (Å²) in [4.78, 5) is 6.76. The van der Waals surface area contributed by atoms with Gasteiger partial charge in [-0.3, -0.25) is 0 Å². The summed E-state index contributed by atoms with van der Waals surface area (Å²) in [6.45, 7) is 9.03. The van der Waals surface area contributed by atoms with Crippen LogP contribution in [0.1, 0.15) is 40.0 Å². The van der Waals surface area contributed by atoms with E-state index in [1.807, 2.05) is 12.1 Å². The van der Waals surface area contributed by atoms with Gasteiger partial charge in [0.1, 0.15) is 5.82 Å². The number of unbranched alkanes of at least 4 members (excludes halogenated alkanes) is 1. The van der Waals surface area contributed by atoms with Gasteiger partial charge < -0.3 is 15.4 Å². The molecule has 4 nitrogen and oxygen atoms in total. The largest absolute Gasteiger partial charge is 0.476 e. The van der Waals surface area contributed by atoms with Crippen molar-refractivity contribution in [3.05, 3.63) is 12.1 Å². The van der Waals surface area contributed by atoms with E-state index in [0.717, 1.165) is 25.3 Å². The number of nitrogen functional groups attached to an aromatic ring is 1. The van der Waals surface area contributed by atoms with Gasteiger partial charge in [0.25, 0.3) is 0 Å². The lowest BCUT2D eigenvalue weighted by Gasteiger charge is -2.22. The topological polar surface area (TPSA) is 51.4 Å². The molecule has 0 aliphatic heterocycles. The smallest absolute Gasteiger partial charge is 0.239 e. The van der Waals surface area contributed by atoms with Crippen LogP contribution < -0.4 is 15.4 Å². The molecule has 18 heavy (non-hydrogen) atoms. The number of anilines is 2. The third-order valence-corrected chi connectivity index (χ3v) is 2.81. The minimum atomic E-state index is 0.560. The highest BCUT2D eigenvalue weighted by Gasteiger charge is 2.09. The Balaban J connectivity index is 2.80. The van der Waals surface area contributed by atoms with Crippen LogP contribution in [0.4, 0.5) is 11.5 Å². The molecule has 0 fully saturated rings. The Bertz CT molecular complexity index is 355. The molecule has 0 saturated carbocycles. The van der Waals surface area contributed by atoms with Gasteiger partial charge in [0.2, 0.25) is 5.88 Å². The second-order valence-electron chi connectivity index (χ2n) is 4.35. The lowest BCUT2D eigenvalue weighted by atomic mass is 10.3. The molecular formula is C14H25N3O. The monoisotopic (exact) mass is 251 g/mol. The first-order valence-corrected chi connectivity index (χ1v) is 6.87. The van der Waals surface area contributed by atoms with Crippen LogP contribution in [0.25, 0.3) is 0 Å². The van der Waals surface area contributed by atoms with Gasteiger partial charge in [-0.25, -0.2) is 0 Å². The Kier molecular flexibility index (Phi) is 6.33. The first-order chi connectivity index (χ1) is 8.72. The second kappa shape index (κ2) is 7.80. The predicted octanol–water partition coefficient (Wildman–Crippen LogP) is 3.08. The fourth-order valence-electron chi connectivity index (χ4n) is 1.72. The molecule has 0 radical (unpaired) electrons. The number of hydrogen-bond donors (Lipinski definition) is 1. The third-order valence-electron chi connectivity index (χ3n) is 2.81. The molecule has 0 bridgehead atoms. The summed E-state index contributed by atoms with van der Waals surface area (Å²) in [5.41, 5.74) is 6.48. The average molecular weight is 251 g/mol. The summed E-state index contributed by atoms with van der Waals surface area (Å²) in [5, 5.41) is 0. The summed E-state index contributed by atoms with van der Waals surface area (Å²) in [6, 6.07) is 3.84. The molecule has 1 aromatic rings. The van der Waals surface area contributed by atoms with E-state index in [-0.39, 0.29) is 0 Å². The maximum absolute atomic E-state index is 5.87. The summed E-state index contributed by atoms with van der Waals surface area (Å²) in [5.74, 6) is 1.51. The molecule has 0 aromatic carbocycles. The van der Waals surface area contributed by atoms with E-state index in [9.17, 15) is 0 Å². The van der Waals surface area contributed by atoms with Gasteiger partial charge in [-0.1, -0.05) is 20.3 Å². The molecule has 0 spiro atoms. The van der Waals surface area contributed by atoms with Crippen molar-refractivity contribution in [2.45, 2.75) is 40.0 Å². The van der Waals surface area contributed by atoms with E-state index in [0.29, 0.717) is 18.2 Å². The van der Waals surface area contributed by atoms with Crippen LogP contribution >= 0.6 is 0 Å². The molecule has 4 heteroatoms. The summed E-state index contributed by atoms with van der Waals surface area (Å²) < 4.78 is 5.56. The number of hydrogen-bond acceptors (Lipinski definition) is 4. The SMILES string of the molecule is CCCCN(CC)c1ccc(N)c(OCCC)n1. The molecule has 2 N–H and O–H groups in total. The first-order valence-electron chi connectivity index (χ1n) is 6.87. The molecule has 0 atom stereocenters. The Morgan fingerprint density at radius 2 is 2.00 bits per heavy atom. The molecule has 1 aromatic heterocycles. The highest BCUT2D eigenvalue weighted by molar-refractivity contribution is 5.54. The fourth-order valence-corrected chi connectivity index (χ4v) is 1.72. The quantitative estimate of drug-likeness (QED) is 0.771. The molecular weight excluding hydrogens is 226 g/mol. The summed E-state index contributed by atoms with van der Waals surface area (Å²) in [7, 11) is 0. The van der Waals surface area contributed by atoms with E-state index in [1.165, 1.54) is 12.8 Å². The maximum atomic E-state index is 5.87.